The highest BCUT2D eigenvalue weighted by Crippen LogP contribution is 2.25. The normalized spacial score (nSPS) is 19.6. The molecule has 0 spiro atoms. The second-order valence-corrected chi connectivity index (χ2v) is 5.83. The van der Waals surface area contributed by atoms with Crippen LogP contribution in [0.25, 0.3) is 0 Å². The molecule has 6 heteroatoms. The van der Waals surface area contributed by atoms with Gasteiger partial charge in [-0.05, 0) is 30.7 Å². The highest BCUT2D eigenvalue weighted by Gasteiger charge is 2.18. The average Bonchev–Trinajstić information content (AvgIpc) is 2.34. The summed E-state index contributed by atoms with van der Waals surface area (Å²) in [5.74, 6) is 0.696. The maximum atomic E-state index is 13.8. The van der Waals surface area contributed by atoms with Crippen molar-refractivity contribution in [3.8, 4) is 0 Å². The number of nitrogens with one attached hydrogen (secondary N) is 1. The summed E-state index contributed by atoms with van der Waals surface area (Å²) >= 11 is 6.50. The summed E-state index contributed by atoms with van der Waals surface area (Å²) in [7, 11) is 0. The molecule has 2 nitrogen and oxygen atoms in total. The third kappa shape index (κ3) is 3.11. The van der Waals surface area contributed by atoms with Crippen molar-refractivity contribution in [3.63, 3.8) is 0 Å². The molecule has 1 atom stereocenters. The minimum atomic E-state index is -0.645. The number of hydrogen-bond donors (Lipinski definition) is 2. The minimum Gasteiger partial charge on any atom is -0.389 e. The summed E-state index contributed by atoms with van der Waals surface area (Å²) < 4.78 is 27.6. The maximum absolute atomic E-state index is 13.8. The van der Waals surface area contributed by atoms with Gasteiger partial charge in [-0.25, -0.2) is 8.78 Å². The van der Waals surface area contributed by atoms with E-state index in [9.17, 15) is 8.78 Å². The Balaban J connectivity index is 2.19. The Bertz CT molecular complexity index is 436. The Kier molecular flexibility index (Phi) is 4.40. The number of nitrogens with two attached hydrogens (primary N) is 1. The summed E-state index contributed by atoms with van der Waals surface area (Å²) in [4.78, 5) is -0.00688. The smallest absolute Gasteiger partial charge is 0.150 e. The fraction of sp³-hybridized carbons (Fsp3) is 0.417. The predicted molar refractivity (Wildman–Crippen MR) is 76.2 cm³/mol. The monoisotopic (exact) mass is 288 g/mol. The Morgan fingerprint density at radius 1 is 1.39 bits per heavy atom. The fourth-order valence-corrected chi connectivity index (χ4v) is 3.10. The van der Waals surface area contributed by atoms with Gasteiger partial charge in [-0.1, -0.05) is 12.2 Å². The lowest BCUT2D eigenvalue weighted by molar-refractivity contribution is 0.578. The SMILES string of the molecule is NC(=S)c1cc(F)c(NC2CCCSC2)c(F)c1. The molecular formula is C12H14F2N2S2. The first-order valence-corrected chi connectivity index (χ1v) is 7.27. The Labute approximate surface area is 114 Å². The van der Waals surface area contributed by atoms with Gasteiger partial charge in [-0.15, -0.1) is 0 Å². The zero-order valence-corrected chi connectivity index (χ0v) is 11.3. The number of thioether (sulfide) groups is 1. The second-order valence-electron chi connectivity index (χ2n) is 4.24. The van der Waals surface area contributed by atoms with Crippen LogP contribution in [0.4, 0.5) is 14.5 Å². The fourth-order valence-electron chi connectivity index (χ4n) is 1.91. The van der Waals surface area contributed by atoms with Crippen molar-refractivity contribution in [1.82, 2.24) is 0 Å². The molecule has 3 N–H and O–H groups in total. The molecule has 1 aromatic rings. The molecule has 1 aromatic carbocycles. The van der Waals surface area contributed by atoms with Crippen molar-refractivity contribution in [2.24, 2.45) is 5.73 Å². The minimum absolute atomic E-state index is 0.00688. The lowest BCUT2D eigenvalue weighted by atomic mass is 10.1. The van der Waals surface area contributed by atoms with Crippen molar-refractivity contribution in [2.45, 2.75) is 18.9 Å². The number of halogens is 2. The number of thiocarbonyl (C=S) groups is 1. The third-order valence-electron chi connectivity index (χ3n) is 2.84. The first-order valence-electron chi connectivity index (χ1n) is 5.71. The van der Waals surface area contributed by atoms with Gasteiger partial charge < -0.3 is 11.1 Å². The van der Waals surface area contributed by atoms with E-state index in [4.69, 9.17) is 18.0 Å². The van der Waals surface area contributed by atoms with E-state index < -0.39 is 11.6 Å². The van der Waals surface area contributed by atoms with Crippen molar-refractivity contribution < 1.29 is 8.78 Å². The van der Waals surface area contributed by atoms with Gasteiger partial charge in [0.1, 0.15) is 22.3 Å². The number of hydrogen-bond acceptors (Lipinski definition) is 3. The highest BCUT2D eigenvalue weighted by atomic mass is 32.2. The number of rotatable bonds is 3. The van der Waals surface area contributed by atoms with Gasteiger partial charge in [0.25, 0.3) is 0 Å². The van der Waals surface area contributed by atoms with E-state index in [0.29, 0.717) is 0 Å². The molecule has 1 unspecified atom stereocenters. The van der Waals surface area contributed by atoms with E-state index in [1.165, 1.54) is 12.1 Å². The molecular weight excluding hydrogens is 274 g/mol. The molecule has 1 aliphatic rings. The highest BCUT2D eigenvalue weighted by molar-refractivity contribution is 7.99. The van der Waals surface area contributed by atoms with Crippen molar-refractivity contribution >= 4 is 34.7 Å². The summed E-state index contributed by atoms with van der Waals surface area (Å²) in [6.45, 7) is 0. The van der Waals surface area contributed by atoms with Crippen LogP contribution in [0.1, 0.15) is 18.4 Å². The van der Waals surface area contributed by atoms with Crippen LogP contribution in [-0.4, -0.2) is 22.5 Å². The van der Waals surface area contributed by atoms with E-state index >= 15 is 0 Å². The van der Waals surface area contributed by atoms with Gasteiger partial charge in [0.05, 0.1) is 0 Å². The quantitative estimate of drug-likeness (QED) is 0.839. The largest absolute Gasteiger partial charge is 0.389 e. The third-order valence-corrected chi connectivity index (χ3v) is 4.29. The molecule has 1 saturated heterocycles. The maximum Gasteiger partial charge on any atom is 0.150 e. The summed E-state index contributed by atoms with van der Waals surface area (Å²) in [5, 5.41) is 2.93. The van der Waals surface area contributed by atoms with Crippen LogP contribution in [0, 0.1) is 11.6 Å². The Hall–Kier alpha value is -0.880. The number of anilines is 1. The topological polar surface area (TPSA) is 38.0 Å². The van der Waals surface area contributed by atoms with Gasteiger partial charge in [0, 0.05) is 17.4 Å². The Morgan fingerprint density at radius 3 is 2.56 bits per heavy atom. The molecule has 1 fully saturated rings. The molecule has 1 aliphatic heterocycles. The van der Waals surface area contributed by atoms with E-state index in [0.717, 1.165) is 24.3 Å². The molecule has 98 valence electrons. The lowest BCUT2D eigenvalue weighted by Crippen LogP contribution is -2.27. The first-order chi connectivity index (χ1) is 8.58. The zero-order chi connectivity index (χ0) is 13.1. The standard InChI is InChI=1S/C12H14F2N2S2/c13-9-4-7(12(15)17)5-10(14)11(9)16-8-2-1-3-18-6-8/h4-5,8,16H,1-3,6H2,(H2,15,17). The van der Waals surface area contributed by atoms with Crippen molar-refractivity contribution in [2.75, 3.05) is 16.8 Å². The van der Waals surface area contributed by atoms with Crippen LogP contribution in [-0.2, 0) is 0 Å². The second kappa shape index (κ2) is 5.84. The number of benzene rings is 1. The van der Waals surface area contributed by atoms with Crippen molar-refractivity contribution in [3.05, 3.63) is 29.3 Å². The summed E-state index contributed by atoms with van der Waals surface area (Å²) in [6.07, 6.45) is 2.00. The van der Waals surface area contributed by atoms with Crippen LogP contribution in [0.2, 0.25) is 0 Å². The van der Waals surface area contributed by atoms with Gasteiger partial charge in [-0.3, -0.25) is 0 Å². The molecule has 0 aliphatic carbocycles. The Morgan fingerprint density at radius 2 is 2.06 bits per heavy atom. The molecule has 1 heterocycles. The van der Waals surface area contributed by atoms with E-state index in [1.54, 1.807) is 11.8 Å². The van der Waals surface area contributed by atoms with E-state index in [-0.39, 0.29) is 22.3 Å². The molecule has 2 rings (SSSR count). The van der Waals surface area contributed by atoms with Gasteiger partial charge in [-0.2, -0.15) is 11.8 Å². The van der Waals surface area contributed by atoms with E-state index in [2.05, 4.69) is 5.32 Å². The average molecular weight is 288 g/mol. The van der Waals surface area contributed by atoms with Crippen LogP contribution < -0.4 is 11.1 Å². The van der Waals surface area contributed by atoms with Crippen LogP contribution in [0.15, 0.2) is 12.1 Å². The lowest BCUT2D eigenvalue weighted by Gasteiger charge is -2.24. The van der Waals surface area contributed by atoms with Gasteiger partial charge in [0.15, 0.2) is 0 Å². The van der Waals surface area contributed by atoms with Gasteiger partial charge in [0.2, 0.25) is 0 Å². The summed E-state index contributed by atoms with van der Waals surface area (Å²) in [5.41, 5.74) is 5.49. The van der Waals surface area contributed by atoms with E-state index in [1.807, 2.05) is 0 Å². The molecule has 0 amide bonds. The van der Waals surface area contributed by atoms with Crippen molar-refractivity contribution in [1.29, 1.82) is 0 Å². The first kappa shape index (κ1) is 13.5. The predicted octanol–water partition coefficient (Wildman–Crippen LogP) is 2.91. The zero-order valence-electron chi connectivity index (χ0n) is 9.71. The van der Waals surface area contributed by atoms with Crippen LogP contribution in [0.3, 0.4) is 0 Å². The summed E-state index contributed by atoms with van der Waals surface area (Å²) in [6, 6.07) is 2.45. The molecule has 0 saturated carbocycles. The molecule has 18 heavy (non-hydrogen) atoms. The molecule has 0 aromatic heterocycles. The molecule has 0 radical (unpaired) electrons. The van der Waals surface area contributed by atoms with Crippen LogP contribution in [0.5, 0.6) is 0 Å². The molecule has 0 bridgehead atoms. The van der Waals surface area contributed by atoms with Gasteiger partial charge >= 0.3 is 0 Å². The van der Waals surface area contributed by atoms with Crippen LogP contribution >= 0.6 is 24.0 Å².